The van der Waals surface area contributed by atoms with Crippen molar-refractivity contribution in [2.45, 2.75) is 24.0 Å². The van der Waals surface area contributed by atoms with Crippen LogP contribution in [0, 0.1) is 0 Å². The van der Waals surface area contributed by atoms with Crippen LogP contribution in [0.2, 0.25) is 0 Å². The number of rotatable bonds is 5. The molecule has 0 bridgehead atoms. The van der Waals surface area contributed by atoms with E-state index in [1.165, 1.54) is 0 Å². The zero-order valence-electron chi connectivity index (χ0n) is 9.69. The van der Waals surface area contributed by atoms with E-state index < -0.39 is 0 Å². The summed E-state index contributed by atoms with van der Waals surface area (Å²) in [5.41, 5.74) is 0.739. The Labute approximate surface area is 101 Å². The highest BCUT2D eigenvalue weighted by Gasteiger charge is 2.11. The van der Waals surface area contributed by atoms with E-state index in [1.54, 1.807) is 17.8 Å². The van der Waals surface area contributed by atoms with E-state index in [0.717, 1.165) is 10.5 Å². The normalized spacial score (nSPS) is 10.2. The monoisotopic (exact) mass is 235 g/mol. The lowest BCUT2D eigenvalue weighted by Crippen LogP contribution is -2.23. The van der Waals surface area contributed by atoms with Gasteiger partial charge in [-0.3, -0.25) is 4.79 Å². The number of hydrogen-bond acceptors (Lipinski definition) is 2. The summed E-state index contributed by atoms with van der Waals surface area (Å²) in [4.78, 5) is 12.9. The molecule has 0 aromatic heterocycles. The van der Waals surface area contributed by atoms with Gasteiger partial charge < -0.3 is 5.32 Å². The van der Waals surface area contributed by atoms with Crippen LogP contribution < -0.4 is 5.32 Å². The van der Waals surface area contributed by atoms with Crippen molar-refractivity contribution in [3.63, 3.8) is 0 Å². The molecule has 0 unspecified atom stereocenters. The average molecular weight is 235 g/mol. The Morgan fingerprint density at radius 1 is 1.50 bits per heavy atom. The maximum Gasteiger partial charge on any atom is 0.252 e. The quantitative estimate of drug-likeness (QED) is 0.627. The second-order valence-corrected chi connectivity index (χ2v) is 5.28. The lowest BCUT2D eigenvalue weighted by Gasteiger charge is -2.10. The highest BCUT2D eigenvalue weighted by molar-refractivity contribution is 8.00. The molecule has 3 heteroatoms. The summed E-state index contributed by atoms with van der Waals surface area (Å²) in [6, 6.07) is 7.67. The first kappa shape index (κ1) is 12.8. The fraction of sp³-hybridized carbons (Fsp3) is 0.308. The van der Waals surface area contributed by atoms with Crippen molar-refractivity contribution in [1.29, 1.82) is 0 Å². The molecular weight excluding hydrogens is 218 g/mol. The summed E-state index contributed by atoms with van der Waals surface area (Å²) in [5.74, 6) is -0.0383. The predicted octanol–water partition coefficient (Wildman–Crippen LogP) is 3.10. The molecule has 0 atom stereocenters. The number of carbonyl (C=O) groups excluding carboxylic acids is 1. The molecule has 0 aliphatic carbocycles. The van der Waals surface area contributed by atoms with E-state index >= 15 is 0 Å². The first-order chi connectivity index (χ1) is 7.65. The Kier molecular flexibility index (Phi) is 5.12. The molecule has 0 fully saturated rings. The number of hydrogen-bond donors (Lipinski definition) is 1. The van der Waals surface area contributed by atoms with E-state index in [2.05, 4.69) is 25.7 Å². The highest BCUT2D eigenvalue weighted by Crippen LogP contribution is 2.26. The minimum atomic E-state index is -0.0383. The van der Waals surface area contributed by atoms with Gasteiger partial charge in [0.05, 0.1) is 5.56 Å². The smallest absolute Gasteiger partial charge is 0.252 e. The number of nitrogens with one attached hydrogen (secondary N) is 1. The largest absolute Gasteiger partial charge is 0.349 e. The van der Waals surface area contributed by atoms with Gasteiger partial charge in [-0.25, -0.2) is 0 Å². The topological polar surface area (TPSA) is 29.1 Å². The molecule has 0 radical (unpaired) electrons. The second-order valence-electron chi connectivity index (χ2n) is 3.66. The lowest BCUT2D eigenvalue weighted by atomic mass is 10.2. The van der Waals surface area contributed by atoms with Crippen LogP contribution in [0.25, 0.3) is 0 Å². The first-order valence-electron chi connectivity index (χ1n) is 5.30. The summed E-state index contributed by atoms with van der Waals surface area (Å²) in [7, 11) is 0. The third-order valence-electron chi connectivity index (χ3n) is 1.90. The number of benzene rings is 1. The zero-order valence-corrected chi connectivity index (χ0v) is 10.5. The standard InChI is InChI=1S/C13H17NOS/c1-4-9-14-13(15)11-7-5-6-8-12(11)16-10(2)3/h4-8,10H,1,9H2,2-3H3,(H,14,15). The first-order valence-corrected chi connectivity index (χ1v) is 6.18. The molecule has 1 rings (SSSR count). The predicted molar refractivity (Wildman–Crippen MR) is 70.0 cm³/mol. The van der Waals surface area contributed by atoms with Gasteiger partial charge in [0.1, 0.15) is 0 Å². The van der Waals surface area contributed by atoms with E-state index in [4.69, 9.17) is 0 Å². The third-order valence-corrected chi connectivity index (χ3v) is 2.98. The van der Waals surface area contributed by atoms with Crippen LogP contribution in [0.15, 0.2) is 41.8 Å². The lowest BCUT2D eigenvalue weighted by molar-refractivity contribution is 0.0955. The molecule has 0 saturated carbocycles. The van der Waals surface area contributed by atoms with Gasteiger partial charge >= 0.3 is 0 Å². The molecule has 0 saturated heterocycles. The van der Waals surface area contributed by atoms with Gasteiger partial charge in [0.25, 0.3) is 5.91 Å². The molecule has 0 aliphatic rings. The Hall–Kier alpha value is -1.22. The fourth-order valence-corrected chi connectivity index (χ4v) is 2.22. The molecular formula is C13H17NOS. The van der Waals surface area contributed by atoms with Gasteiger partial charge in [-0.2, -0.15) is 0 Å². The van der Waals surface area contributed by atoms with Crippen molar-refractivity contribution in [2.75, 3.05) is 6.54 Å². The van der Waals surface area contributed by atoms with Crippen LogP contribution in [0.5, 0.6) is 0 Å². The van der Waals surface area contributed by atoms with Gasteiger partial charge in [0, 0.05) is 16.7 Å². The minimum Gasteiger partial charge on any atom is -0.349 e. The zero-order chi connectivity index (χ0) is 12.0. The van der Waals surface area contributed by atoms with E-state index in [9.17, 15) is 4.79 Å². The average Bonchev–Trinajstić information content (AvgIpc) is 2.26. The Morgan fingerprint density at radius 2 is 2.19 bits per heavy atom. The Bertz CT molecular complexity index is 374. The van der Waals surface area contributed by atoms with Crippen molar-refractivity contribution >= 4 is 17.7 Å². The van der Waals surface area contributed by atoms with Gasteiger partial charge in [-0.05, 0) is 12.1 Å². The maximum atomic E-state index is 11.8. The van der Waals surface area contributed by atoms with E-state index in [-0.39, 0.29) is 5.91 Å². The van der Waals surface area contributed by atoms with E-state index in [1.807, 2.05) is 24.3 Å². The van der Waals surface area contributed by atoms with Crippen LogP contribution in [0.3, 0.4) is 0 Å². The fourth-order valence-electron chi connectivity index (χ4n) is 1.27. The van der Waals surface area contributed by atoms with Crippen LogP contribution in [0.1, 0.15) is 24.2 Å². The summed E-state index contributed by atoms with van der Waals surface area (Å²) in [6.07, 6.45) is 1.68. The van der Waals surface area contributed by atoms with Crippen LogP contribution in [-0.4, -0.2) is 17.7 Å². The SMILES string of the molecule is C=CCNC(=O)c1ccccc1SC(C)C. The van der Waals surface area contributed by atoms with Crippen LogP contribution >= 0.6 is 11.8 Å². The van der Waals surface area contributed by atoms with Gasteiger partial charge in [-0.1, -0.05) is 32.1 Å². The third kappa shape index (κ3) is 3.74. The number of thioether (sulfide) groups is 1. The summed E-state index contributed by atoms with van der Waals surface area (Å²) in [6.45, 7) is 8.31. The van der Waals surface area contributed by atoms with Crippen molar-refractivity contribution < 1.29 is 4.79 Å². The molecule has 2 nitrogen and oxygen atoms in total. The van der Waals surface area contributed by atoms with E-state index in [0.29, 0.717) is 11.8 Å². The minimum absolute atomic E-state index is 0.0383. The Morgan fingerprint density at radius 3 is 2.81 bits per heavy atom. The highest BCUT2D eigenvalue weighted by atomic mass is 32.2. The molecule has 0 spiro atoms. The molecule has 0 aliphatic heterocycles. The van der Waals surface area contributed by atoms with Crippen molar-refractivity contribution in [1.82, 2.24) is 5.32 Å². The van der Waals surface area contributed by atoms with Gasteiger partial charge in [-0.15, -0.1) is 18.3 Å². The Balaban J connectivity index is 2.85. The van der Waals surface area contributed by atoms with Crippen molar-refractivity contribution in [3.8, 4) is 0 Å². The second kappa shape index (κ2) is 6.38. The van der Waals surface area contributed by atoms with Crippen molar-refractivity contribution in [3.05, 3.63) is 42.5 Å². The molecule has 1 aromatic carbocycles. The maximum absolute atomic E-state index is 11.8. The van der Waals surface area contributed by atoms with Gasteiger partial charge in [0.15, 0.2) is 0 Å². The summed E-state index contributed by atoms with van der Waals surface area (Å²) >= 11 is 1.70. The molecule has 1 aromatic rings. The molecule has 1 amide bonds. The van der Waals surface area contributed by atoms with Crippen LogP contribution in [0.4, 0.5) is 0 Å². The number of carbonyl (C=O) groups is 1. The van der Waals surface area contributed by atoms with Crippen LogP contribution in [-0.2, 0) is 0 Å². The van der Waals surface area contributed by atoms with Gasteiger partial charge in [0.2, 0.25) is 0 Å². The molecule has 0 heterocycles. The van der Waals surface area contributed by atoms with Crippen molar-refractivity contribution in [2.24, 2.45) is 0 Å². The number of amides is 1. The molecule has 1 N–H and O–H groups in total. The molecule has 16 heavy (non-hydrogen) atoms. The summed E-state index contributed by atoms with van der Waals surface area (Å²) in [5, 5.41) is 3.26. The summed E-state index contributed by atoms with van der Waals surface area (Å²) < 4.78 is 0. The molecule has 86 valence electrons.